The molecule has 1 aliphatic rings. The molecule has 1 atom stereocenters. The van der Waals surface area contributed by atoms with Gasteiger partial charge in [-0.2, -0.15) is 0 Å². The van der Waals surface area contributed by atoms with Crippen molar-refractivity contribution in [3.63, 3.8) is 0 Å². The molecule has 1 aromatic heterocycles. The van der Waals surface area contributed by atoms with Crippen LogP contribution in [0.3, 0.4) is 0 Å². The van der Waals surface area contributed by atoms with E-state index in [4.69, 9.17) is 22.1 Å². The van der Waals surface area contributed by atoms with Crippen molar-refractivity contribution in [2.75, 3.05) is 18.9 Å². The maximum atomic E-state index is 5.84. The van der Waals surface area contributed by atoms with Crippen LogP contribution >= 0.6 is 11.6 Å². The van der Waals surface area contributed by atoms with E-state index in [9.17, 15) is 0 Å². The van der Waals surface area contributed by atoms with Gasteiger partial charge in [-0.3, -0.25) is 0 Å². The van der Waals surface area contributed by atoms with Crippen LogP contribution in [0.4, 0.5) is 5.82 Å². The highest BCUT2D eigenvalue weighted by Gasteiger charge is 2.20. The summed E-state index contributed by atoms with van der Waals surface area (Å²) in [5, 5.41) is 0.635. The third kappa shape index (κ3) is 1.76. The molecule has 2 N–H and O–H groups in total. The molecule has 1 aromatic rings. The molecule has 13 heavy (non-hydrogen) atoms. The Morgan fingerprint density at radius 1 is 1.62 bits per heavy atom. The van der Waals surface area contributed by atoms with E-state index in [2.05, 4.69) is 4.98 Å². The monoisotopic (exact) mass is 198 g/mol. The number of anilines is 1. The molecule has 70 valence electrons. The first-order valence-corrected chi connectivity index (χ1v) is 4.64. The summed E-state index contributed by atoms with van der Waals surface area (Å²) in [5.74, 6) is 0.936. The second-order valence-electron chi connectivity index (χ2n) is 3.19. The zero-order valence-corrected chi connectivity index (χ0v) is 7.92. The van der Waals surface area contributed by atoms with E-state index in [1.54, 1.807) is 6.20 Å². The van der Waals surface area contributed by atoms with Gasteiger partial charge in [0.05, 0.1) is 11.6 Å². The number of nitrogens with zero attached hydrogens (tertiary/aromatic N) is 1. The molecule has 1 aliphatic heterocycles. The van der Waals surface area contributed by atoms with Crippen LogP contribution in [0.5, 0.6) is 0 Å². The average Bonchev–Trinajstić information content (AvgIpc) is 2.61. The largest absolute Gasteiger partial charge is 0.383 e. The molecule has 4 heteroatoms. The molecular formula is C9H11ClN2O. The van der Waals surface area contributed by atoms with Crippen molar-refractivity contribution in [3.05, 3.63) is 22.8 Å². The second-order valence-corrected chi connectivity index (χ2v) is 3.62. The lowest BCUT2D eigenvalue weighted by molar-refractivity contribution is 0.194. The molecule has 2 heterocycles. The van der Waals surface area contributed by atoms with E-state index >= 15 is 0 Å². The van der Waals surface area contributed by atoms with Gasteiger partial charge >= 0.3 is 0 Å². The van der Waals surface area contributed by atoms with Crippen molar-refractivity contribution in [1.82, 2.24) is 4.98 Å². The fourth-order valence-electron chi connectivity index (χ4n) is 1.57. The summed E-state index contributed by atoms with van der Waals surface area (Å²) >= 11 is 5.84. The summed E-state index contributed by atoms with van der Waals surface area (Å²) in [6, 6.07) is 1.88. The van der Waals surface area contributed by atoms with Crippen molar-refractivity contribution >= 4 is 17.4 Å². The summed E-state index contributed by atoms with van der Waals surface area (Å²) in [4.78, 5) is 4.01. The number of halogens is 1. The van der Waals surface area contributed by atoms with Gasteiger partial charge in [-0.05, 0) is 12.5 Å². The zero-order chi connectivity index (χ0) is 9.26. The lowest BCUT2D eigenvalue weighted by Gasteiger charge is -2.10. The number of hydrogen-bond acceptors (Lipinski definition) is 3. The van der Waals surface area contributed by atoms with Crippen LogP contribution in [0.25, 0.3) is 0 Å². The lowest BCUT2D eigenvalue weighted by atomic mass is 9.99. The Morgan fingerprint density at radius 3 is 3.15 bits per heavy atom. The van der Waals surface area contributed by atoms with E-state index in [1.807, 2.05) is 6.07 Å². The number of nitrogen functional groups attached to an aromatic ring is 1. The molecular weight excluding hydrogens is 188 g/mol. The van der Waals surface area contributed by atoms with E-state index < -0.39 is 0 Å². The topological polar surface area (TPSA) is 48.1 Å². The maximum Gasteiger partial charge on any atom is 0.126 e. The zero-order valence-electron chi connectivity index (χ0n) is 7.16. The smallest absolute Gasteiger partial charge is 0.126 e. The van der Waals surface area contributed by atoms with Crippen LogP contribution in [-0.2, 0) is 4.74 Å². The lowest BCUT2D eigenvalue weighted by Crippen LogP contribution is -2.04. The number of nitrogens with two attached hydrogens (primary N) is 1. The normalized spacial score (nSPS) is 22.1. The molecule has 0 aliphatic carbocycles. The predicted molar refractivity (Wildman–Crippen MR) is 51.8 cm³/mol. The van der Waals surface area contributed by atoms with Crippen molar-refractivity contribution in [2.45, 2.75) is 12.3 Å². The molecule has 0 radical (unpaired) electrons. The van der Waals surface area contributed by atoms with Crippen molar-refractivity contribution in [1.29, 1.82) is 0 Å². The Balaban J connectivity index is 2.32. The number of pyridine rings is 1. The Bertz CT molecular complexity index is 310. The van der Waals surface area contributed by atoms with Gasteiger partial charge in [0.2, 0.25) is 0 Å². The van der Waals surface area contributed by atoms with Gasteiger partial charge in [-0.1, -0.05) is 11.6 Å². The van der Waals surface area contributed by atoms with Gasteiger partial charge in [0, 0.05) is 24.3 Å². The van der Waals surface area contributed by atoms with Crippen LogP contribution in [0.2, 0.25) is 5.02 Å². The van der Waals surface area contributed by atoms with Crippen LogP contribution in [-0.4, -0.2) is 18.2 Å². The second kappa shape index (κ2) is 3.52. The Morgan fingerprint density at radius 2 is 2.46 bits per heavy atom. The van der Waals surface area contributed by atoms with Crippen molar-refractivity contribution < 1.29 is 4.74 Å². The van der Waals surface area contributed by atoms with Crippen LogP contribution < -0.4 is 5.73 Å². The summed E-state index contributed by atoms with van der Waals surface area (Å²) in [7, 11) is 0. The number of rotatable bonds is 1. The van der Waals surface area contributed by atoms with Gasteiger partial charge in [0.15, 0.2) is 0 Å². The number of aromatic nitrogens is 1. The van der Waals surface area contributed by atoms with Crippen molar-refractivity contribution in [3.8, 4) is 0 Å². The maximum absolute atomic E-state index is 5.84. The highest BCUT2D eigenvalue weighted by atomic mass is 35.5. The summed E-state index contributed by atoms with van der Waals surface area (Å²) in [6.45, 7) is 1.53. The minimum atomic E-state index is 0.367. The minimum Gasteiger partial charge on any atom is -0.383 e. The van der Waals surface area contributed by atoms with Gasteiger partial charge in [-0.15, -0.1) is 0 Å². The molecule has 2 rings (SSSR count). The average molecular weight is 199 g/mol. The molecule has 0 spiro atoms. The number of hydrogen-bond donors (Lipinski definition) is 1. The molecule has 1 unspecified atom stereocenters. The summed E-state index contributed by atoms with van der Waals surface area (Å²) in [6.07, 6.45) is 2.57. The highest BCUT2D eigenvalue weighted by Crippen LogP contribution is 2.29. The Hall–Kier alpha value is -0.800. The molecule has 1 fully saturated rings. The summed E-state index contributed by atoms with van der Waals surface area (Å²) < 4.78 is 5.28. The number of ether oxygens (including phenoxy) is 1. The first-order chi connectivity index (χ1) is 6.27. The van der Waals surface area contributed by atoms with Gasteiger partial charge in [-0.25, -0.2) is 4.98 Å². The van der Waals surface area contributed by atoms with Crippen LogP contribution in [0.15, 0.2) is 12.3 Å². The van der Waals surface area contributed by atoms with E-state index in [0.29, 0.717) is 16.8 Å². The Kier molecular flexibility index (Phi) is 2.38. The van der Waals surface area contributed by atoms with Gasteiger partial charge < -0.3 is 10.5 Å². The molecule has 0 aromatic carbocycles. The quantitative estimate of drug-likeness (QED) is 0.749. The molecule has 1 saturated heterocycles. The summed E-state index contributed by atoms with van der Waals surface area (Å²) in [5.41, 5.74) is 6.76. The first kappa shape index (κ1) is 8.78. The first-order valence-electron chi connectivity index (χ1n) is 4.26. The van der Waals surface area contributed by atoms with E-state index in [0.717, 1.165) is 25.2 Å². The van der Waals surface area contributed by atoms with Gasteiger partial charge in [0.1, 0.15) is 5.82 Å². The standard InChI is InChI=1S/C9H11ClN2O/c10-7-3-8(9(11)12-4-7)6-1-2-13-5-6/h3-4,6H,1-2,5H2,(H2,11,12). The Labute approximate surface area is 81.9 Å². The van der Waals surface area contributed by atoms with Crippen molar-refractivity contribution in [2.24, 2.45) is 0 Å². The molecule has 0 saturated carbocycles. The third-order valence-corrected chi connectivity index (χ3v) is 2.49. The third-order valence-electron chi connectivity index (χ3n) is 2.29. The molecule has 3 nitrogen and oxygen atoms in total. The SMILES string of the molecule is Nc1ncc(Cl)cc1C1CCOC1. The fourth-order valence-corrected chi connectivity index (χ4v) is 1.74. The predicted octanol–water partition coefficient (Wildman–Crippen LogP) is 1.82. The molecule has 0 bridgehead atoms. The van der Waals surface area contributed by atoms with Crippen LogP contribution in [0, 0.1) is 0 Å². The van der Waals surface area contributed by atoms with Crippen LogP contribution in [0.1, 0.15) is 17.9 Å². The van der Waals surface area contributed by atoms with E-state index in [1.165, 1.54) is 0 Å². The van der Waals surface area contributed by atoms with Gasteiger partial charge in [0.25, 0.3) is 0 Å². The fraction of sp³-hybridized carbons (Fsp3) is 0.444. The minimum absolute atomic E-state index is 0.367. The highest BCUT2D eigenvalue weighted by molar-refractivity contribution is 6.30. The van der Waals surface area contributed by atoms with E-state index in [-0.39, 0.29) is 0 Å². The molecule has 0 amide bonds.